The Balaban J connectivity index is 1.68. The Morgan fingerprint density at radius 1 is 1.20 bits per heavy atom. The lowest BCUT2D eigenvalue weighted by Crippen LogP contribution is -2.48. The minimum Gasteiger partial charge on any atom is -0.496 e. The van der Waals surface area contributed by atoms with Gasteiger partial charge in [0.25, 0.3) is 5.91 Å². The number of carbonyl (C=O) groups is 2. The summed E-state index contributed by atoms with van der Waals surface area (Å²) in [7, 11) is 1.62. The van der Waals surface area contributed by atoms with Gasteiger partial charge in [-0.1, -0.05) is 43.1 Å². The number of halogens is 2. The third kappa shape index (κ3) is 4.87. The van der Waals surface area contributed by atoms with Crippen molar-refractivity contribution in [1.29, 1.82) is 0 Å². The van der Waals surface area contributed by atoms with E-state index in [1.54, 1.807) is 31.4 Å². The number of rotatable bonds is 6. The Labute approximate surface area is 216 Å². The van der Waals surface area contributed by atoms with E-state index in [9.17, 15) is 9.59 Å². The van der Waals surface area contributed by atoms with Gasteiger partial charge in [0.15, 0.2) is 0 Å². The molecule has 2 aromatic carbocycles. The molecule has 3 amide bonds. The van der Waals surface area contributed by atoms with Crippen LogP contribution in [0.25, 0.3) is 6.08 Å². The molecule has 4 rings (SSSR count). The number of methoxy groups -OCH3 is 1. The number of anilines is 1. The Bertz CT molecular complexity index is 1210. The van der Waals surface area contributed by atoms with E-state index >= 15 is 0 Å². The summed E-state index contributed by atoms with van der Waals surface area (Å²) in [5.74, 6) is 0.583. The molecule has 186 valence electrons. The molecule has 8 heteroatoms. The number of imide groups is 1. The van der Waals surface area contributed by atoms with Crippen LogP contribution in [0.2, 0.25) is 10.0 Å². The summed E-state index contributed by atoms with van der Waals surface area (Å²) in [6.45, 7) is 9.97. The highest BCUT2D eigenvalue weighted by atomic mass is 35.5. The van der Waals surface area contributed by atoms with Crippen LogP contribution in [0.3, 0.4) is 0 Å². The molecule has 2 aromatic rings. The summed E-state index contributed by atoms with van der Waals surface area (Å²) in [5.41, 5.74) is 4.01. The van der Waals surface area contributed by atoms with E-state index in [4.69, 9.17) is 27.9 Å². The number of amides is 3. The standard InChI is InChI=1S/C27H31Cl2N3O3/c1-6-9-32-23-13-24(35-5)18(10-20(23)16(2)14-27(32,3)4)11-22-25(33)31(26(34)30-22)15-17-7-8-19(28)12-21(17)29/h7-8,10-13,16H,6,9,14-15H2,1-5H3,(H,30,34)/b22-11+. The molecule has 2 aliphatic heterocycles. The Hall–Kier alpha value is -2.70. The number of hydrogen-bond donors (Lipinski definition) is 1. The van der Waals surface area contributed by atoms with Gasteiger partial charge < -0.3 is 15.0 Å². The number of urea groups is 1. The van der Waals surface area contributed by atoms with Crippen LogP contribution in [0.15, 0.2) is 36.0 Å². The minimum atomic E-state index is -0.492. The van der Waals surface area contributed by atoms with Crippen LogP contribution in [0.4, 0.5) is 10.5 Å². The van der Waals surface area contributed by atoms with Gasteiger partial charge in [0.1, 0.15) is 11.4 Å². The largest absolute Gasteiger partial charge is 0.496 e. The van der Waals surface area contributed by atoms with Crippen LogP contribution < -0.4 is 15.0 Å². The molecule has 35 heavy (non-hydrogen) atoms. The van der Waals surface area contributed by atoms with E-state index in [0.717, 1.165) is 35.5 Å². The zero-order valence-electron chi connectivity index (χ0n) is 20.7. The Kier molecular flexibility index (Phi) is 7.07. The molecular formula is C27H31Cl2N3O3. The van der Waals surface area contributed by atoms with Gasteiger partial charge in [-0.15, -0.1) is 0 Å². The lowest BCUT2D eigenvalue weighted by Gasteiger charge is -2.47. The highest BCUT2D eigenvalue weighted by Crippen LogP contribution is 2.46. The van der Waals surface area contributed by atoms with Crippen molar-refractivity contribution in [2.45, 2.75) is 58.5 Å². The molecule has 2 aliphatic rings. The van der Waals surface area contributed by atoms with Gasteiger partial charge in [-0.05, 0) is 68.0 Å². The van der Waals surface area contributed by atoms with Crippen LogP contribution in [-0.4, -0.2) is 36.0 Å². The Morgan fingerprint density at radius 3 is 2.60 bits per heavy atom. The quantitative estimate of drug-likeness (QED) is 0.347. The summed E-state index contributed by atoms with van der Waals surface area (Å²) >= 11 is 12.2. The SMILES string of the molecule is CCCN1c2cc(OC)c(/C=C3/NC(=O)N(Cc4ccc(Cl)cc4Cl)C3=O)cc2C(C)CC1(C)C. The lowest BCUT2D eigenvalue weighted by molar-refractivity contribution is -0.123. The van der Waals surface area contributed by atoms with Crippen molar-refractivity contribution >= 4 is 46.9 Å². The smallest absolute Gasteiger partial charge is 0.329 e. The molecule has 6 nitrogen and oxygen atoms in total. The van der Waals surface area contributed by atoms with Gasteiger partial charge in [-0.2, -0.15) is 0 Å². The fourth-order valence-corrected chi connectivity index (χ4v) is 5.62. The molecule has 0 aliphatic carbocycles. The predicted octanol–water partition coefficient (Wildman–Crippen LogP) is 6.60. The van der Waals surface area contributed by atoms with Crippen molar-refractivity contribution in [2.24, 2.45) is 0 Å². The highest BCUT2D eigenvalue weighted by Gasteiger charge is 2.37. The molecule has 1 fully saturated rings. The first-order valence-corrected chi connectivity index (χ1v) is 12.6. The summed E-state index contributed by atoms with van der Waals surface area (Å²) in [6, 6.07) is 8.64. The van der Waals surface area contributed by atoms with Crippen LogP contribution in [0.1, 0.15) is 63.1 Å². The molecule has 0 spiro atoms. The predicted molar refractivity (Wildman–Crippen MR) is 141 cm³/mol. The molecule has 1 N–H and O–H groups in total. The van der Waals surface area contributed by atoms with Gasteiger partial charge in [-0.3, -0.25) is 9.69 Å². The Morgan fingerprint density at radius 2 is 1.94 bits per heavy atom. The van der Waals surface area contributed by atoms with Crippen molar-refractivity contribution in [1.82, 2.24) is 10.2 Å². The number of fused-ring (bicyclic) bond motifs is 1. The topological polar surface area (TPSA) is 61.9 Å². The average Bonchev–Trinajstić information content (AvgIpc) is 3.05. The van der Waals surface area contributed by atoms with Crippen LogP contribution >= 0.6 is 23.2 Å². The molecule has 0 bridgehead atoms. The van der Waals surface area contributed by atoms with Gasteiger partial charge in [0.05, 0.1) is 13.7 Å². The minimum absolute atomic E-state index is 0.0340. The van der Waals surface area contributed by atoms with E-state index in [-0.39, 0.29) is 17.8 Å². The van der Waals surface area contributed by atoms with Crippen molar-refractivity contribution in [3.63, 3.8) is 0 Å². The van der Waals surface area contributed by atoms with Crippen molar-refractivity contribution < 1.29 is 14.3 Å². The molecule has 1 saturated heterocycles. The second-order valence-electron chi connectivity index (χ2n) is 9.84. The van der Waals surface area contributed by atoms with Gasteiger partial charge in [-0.25, -0.2) is 4.79 Å². The van der Waals surface area contributed by atoms with Crippen molar-refractivity contribution in [3.8, 4) is 5.75 Å². The molecule has 0 aromatic heterocycles. The average molecular weight is 516 g/mol. The number of nitrogens with one attached hydrogen (secondary N) is 1. The van der Waals surface area contributed by atoms with Crippen LogP contribution in [0, 0.1) is 0 Å². The van der Waals surface area contributed by atoms with E-state index in [2.05, 4.69) is 50.0 Å². The van der Waals surface area contributed by atoms with E-state index in [1.165, 1.54) is 5.56 Å². The fraction of sp³-hybridized carbons (Fsp3) is 0.407. The fourth-order valence-electron chi connectivity index (χ4n) is 5.15. The first-order chi connectivity index (χ1) is 16.6. The molecule has 1 unspecified atom stereocenters. The van der Waals surface area contributed by atoms with E-state index in [1.807, 2.05) is 0 Å². The first kappa shape index (κ1) is 25.4. The van der Waals surface area contributed by atoms with E-state index in [0.29, 0.717) is 27.3 Å². The van der Waals surface area contributed by atoms with Crippen molar-refractivity contribution in [3.05, 3.63) is 62.8 Å². The number of nitrogens with zero attached hydrogens (tertiary/aromatic N) is 2. The van der Waals surface area contributed by atoms with Crippen LogP contribution in [0.5, 0.6) is 5.75 Å². The molecule has 2 heterocycles. The van der Waals surface area contributed by atoms with Gasteiger partial charge >= 0.3 is 6.03 Å². The summed E-state index contributed by atoms with van der Waals surface area (Å²) < 4.78 is 5.72. The first-order valence-electron chi connectivity index (χ1n) is 11.8. The summed E-state index contributed by atoms with van der Waals surface area (Å²) in [5, 5.41) is 3.60. The zero-order valence-corrected chi connectivity index (χ0v) is 22.3. The number of hydrogen-bond acceptors (Lipinski definition) is 4. The highest BCUT2D eigenvalue weighted by molar-refractivity contribution is 6.35. The number of carbonyl (C=O) groups excluding carboxylic acids is 2. The zero-order chi connectivity index (χ0) is 25.5. The molecule has 1 atom stereocenters. The third-order valence-electron chi connectivity index (χ3n) is 6.79. The summed E-state index contributed by atoms with van der Waals surface area (Å²) in [4.78, 5) is 29.4. The molecule has 0 saturated carbocycles. The normalized spacial score (nSPS) is 20.3. The second kappa shape index (κ2) is 9.75. The molecule has 0 radical (unpaired) electrons. The number of ether oxygens (including phenoxy) is 1. The maximum Gasteiger partial charge on any atom is 0.329 e. The third-order valence-corrected chi connectivity index (χ3v) is 7.38. The molecular weight excluding hydrogens is 485 g/mol. The van der Waals surface area contributed by atoms with E-state index < -0.39 is 11.9 Å². The van der Waals surface area contributed by atoms with Crippen molar-refractivity contribution in [2.75, 3.05) is 18.6 Å². The van der Waals surface area contributed by atoms with Gasteiger partial charge in [0, 0.05) is 39.4 Å². The lowest BCUT2D eigenvalue weighted by atomic mass is 9.79. The summed E-state index contributed by atoms with van der Waals surface area (Å²) in [6.07, 6.45) is 3.76. The maximum absolute atomic E-state index is 13.1. The number of benzene rings is 2. The van der Waals surface area contributed by atoms with Crippen LogP contribution in [-0.2, 0) is 11.3 Å². The maximum atomic E-state index is 13.1. The second-order valence-corrected chi connectivity index (χ2v) is 10.7. The van der Waals surface area contributed by atoms with Gasteiger partial charge in [0.2, 0.25) is 0 Å². The monoisotopic (exact) mass is 515 g/mol.